The molecule has 0 fully saturated rings. The van der Waals surface area contributed by atoms with Crippen molar-refractivity contribution in [3.05, 3.63) is 74.1 Å². The number of H-pyrrole nitrogens is 1. The lowest BCUT2D eigenvalue weighted by Crippen LogP contribution is -2.31. The number of nitrogens with zero attached hydrogens (tertiary/aromatic N) is 2. The Morgan fingerprint density at radius 3 is 2.96 bits per heavy atom. The van der Waals surface area contributed by atoms with Crippen LogP contribution < -0.4 is 16.4 Å². The standard InChI is InChI=1S/C18H13FN4O3S/c19-10-1-2-13-11(7-10)12(8-15(24)22-13)17(25)20-4-5-23-9-21-14-3-6-27-16(14)18(23)26/h1-3,6-9H,4-5H2,(H,20,25)(H,22,24). The summed E-state index contributed by atoms with van der Waals surface area (Å²) in [4.78, 5) is 43.3. The minimum absolute atomic E-state index is 0.0763. The molecule has 4 rings (SSSR count). The second-order valence-corrected chi connectivity index (χ2v) is 6.79. The molecule has 0 aliphatic rings. The van der Waals surface area contributed by atoms with E-state index < -0.39 is 17.3 Å². The predicted molar refractivity (Wildman–Crippen MR) is 101 cm³/mol. The zero-order valence-electron chi connectivity index (χ0n) is 13.9. The zero-order valence-corrected chi connectivity index (χ0v) is 14.7. The number of nitrogens with one attached hydrogen (secondary N) is 2. The number of pyridine rings is 1. The maximum atomic E-state index is 13.5. The molecule has 27 heavy (non-hydrogen) atoms. The summed E-state index contributed by atoms with van der Waals surface area (Å²) in [7, 11) is 0. The highest BCUT2D eigenvalue weighted by Gasteiger charge is 2.13. The van der Waals surface area contributed by atoms with Gasteiger partial charge in [0.15, 0.2) is 0 Å². The molecule has 0 spiro atoms. The number of hydrogen-bond acceptors (Lipinski definition) is 5. The fraction of sp³-hybridized carbons (Fsp3) is 0.111. The van der Waals surface area contributed by atoms with Crippen molar-refractivity contribution < 1.29 is 9.18 Å². The van der Waals surface area contributed by atoms with Gasteiger partial charge in [0.25, 0.3) is 11.5 Å². The average Bonchev–Trinajstić information content (AvgIpc) is 3.13. The first-order valence-corrected chi connectivity index (χ1v) is 8.94. The van der Waals surface area contributed by atoms with Crippen LogP contribution >= 0.6 is 11.3 Å². The molecule has 0 atom stereocenters. The van der Waals surface area contributed by atoms with Crippen LogP contribution in [0.15, 0.2) is 51.6 Å². The summed E-state index contributed by atoms with van der Waals surface area (Å²) in [6.45, 7) is 0.377. The summed E-state index contributed by atoms with van der Waals surface area (Å²) in [6, 6.07) is 6.71. The summed E-state index contributed by atoms with van der Waals surface area (Å²) in [5.74, 6) is -1.03. The van der Waals surface area contributed by atoms with Crippen LogP contribution in [0.25, 0.3) is 21.1 Å². The first-order valence-electron chi connectivity index (χ1n) is 8.06. The Balaban J connectivity index is 1.55. The number of hydrogen-bond donors (Lipinski definition) is 2. The average molecular weight is 384 g/mol. The molecule has 1 amide bonds. The number of amides is 1. The van der Waals surface area contributed by atoms with Crippen molar-refractivity contribution in [3.63, 3.8) is 0 Å². The summed E-state index contributed by atoms with van der Waals surface area (Å²) < 4.78 is 15.5. The number of carbonyl (C=O) groups excluding carboxylic acids is 1. The third-order valence-corrected chi connectivity index (χ3v) is 5.02. The van der Waals surface area contributed by atoms with E-state index in [2.05, 4.69) is 15.3 Å². The van der Waals surface area contributed by atoms with E-state index in [9.17, 15) is 18.8 Å². The number of carbonyl (C=O) groups is 1. The van der Waals surface area contributed by atoms with Gasteiger partial charge >= 0.3 is 0 Å². The minimum Gasteiger partial charge on any atom is -0.350 e. The van der Waals surface area contributed by atoms with Gasteiger partial charge < -0.3 is 10.3 Å². The normalized spacial score (nSPS) is 11.1. The number of rotatable bonds is 4. The Labute approximate surface area is 155 Å². The van der Waals surface area contributed by atoms with E-state index in [0.29, 0.717) is 21.1 Å². The van der Waals surface area contributed by atoms with Crippen LogP contribution in [0.4, 0.5) is 4.39 Å². The summed E-state index contributed by atoms with van der Waals surface area (Å²) >= 11 is 1.31. The van der Waals surface area contributed by atoms with Crippen LogP contribution in [0.2, 0.25) is 0 Å². The van der Waals surface area contributed by atoms with Crippen molar-refractivity contribution in [2.75, 3.05) is 6.54 Å². The van der Waals surface area contributed by atoms with Crippen LogP contribution in [0, 0.1) is 5.82 Å². The second-order valence-electron chi connectivity index (χ2n) is 5.87. The van der Waals surface area contributed by atoms with Crippen molar-refractivity contribution in [2.45, 2.75) is 6.54 Å². The van der Waals surface area contributed by atoms with Gasteiger partial charge in [-0.15, -0.1) is 11.3 Å². The van der Waals surface area contributed by atoms with Crippen LogP contribution in [0.1, 0.15) is 10.4 Å². The van der Waals surface area contributed by atoms with Gasteiger partial charge in [0, 0.05) is 30.1 Å². The van der Waals surface area contributed by atoms with E-state index in [0.717, 1.165) is 6.07 Å². The van der Waals surface area contributed by atoms with Gasteiger partial charge in [0.1, 0.15) is 10.5 Å². The topological polar surface area (TPSA) is 96.8 Å². The maximum Gasteiger partial charge on any atom is 0.271 e. The lowest BCUT2D eigenvalue weighted by atomic mass is 10.1. The molecule has 0 bridgehead atoms. The van der Waals surface area contributed by atoms with Crippen LogP contribution in [-0.2, 0) is 6.54 Å². The van der Waals surface area contributed by atoms with Crippen molar-refractivity contribution >= 4 is 38.4 Å². The number of aromatic amines is 1. The number of fused-ring (bicyclic) bond motifs is 2. The SMILES string of the molecule is O=C(NCCn1cnc2ccsc2c1=O)c1cc(=O)[nH]c2ccc(F)cc12. The van der Waals surface area contributed by atoms with Gasteiger partial charge in [-0.3, -0.25) is 19.0 Å². The van der Waals surface area contributed by atoms with Gasteiger partial charge in [-0.25, -0.2) is 9.37 Å². The minimum atomic E-state index is -0.519. The van der Waals surface area contributed by atoms with Crippen molar-refractivity contribution in [2.24, 2.45) is 0 Å². The molecule has 0 saturated heterocycles. The van der Waals surface area contributed by atoms with Crippen LogP contribution in [0.5, 0.6) is 0 Å². The molecule has 0 aliphatic carbocycles. The summed E-state index contributed by atoms with van der Waals surface area (Å²) in [5, 5.41) is 4.76. The van der Waals surface area contributed by atoms with Gasteiger partial charge in [-0.05, 0) is 29.6 Å². The quantitative estimate of drug-likeness (QED) is 0.561. The van der Waals surface area contributed by atoms with Gasteiger partial charge in [-0.2, -0.15) is 0 Å². The summed E-state index contributed by atoms with van der Waals surface area (Å²) in [6.07, 6.45) is 1.43. The monoisotopic (exact) mass is 384 g/mol. The first-order chi connectivity index (χ1) is 13.0. The molecule has 3 aromatic heterocycles. The highest BCUT2D eigenvalue weighted by molar-refractivity contribution is 7.17. The lowest BCUT2D eigenvalue weighted by molar-refractivity contribution is 0.0953. The highest BCUT2D eigenvalue weighted by atomic mass is 32.1. The Kier molecular flexibility index (Phi) is 4.28. The van der Waals surface area contributed by atoms with Gasteiger partial charge in [-0.1, -0.05) is 0 Å². The number of benzene rings is 1. The molecular weight excluding hydrogens is 371 g/mol. The number of thiophene rings is 1. The van der Waals surface area contributed by atoms with Crippen LogP contribution in [-0.4, -0.2) is 27.0 Å². The number of halogens is 1. The largest absolute Gasteiger partial charge is 0.350 e. The summed E-state index contributed by atoms with van der Waals surface area (Å²) in [5.41, 5.74) is 0.461. The molecule has 3 heterocycles. The second kappa shape index (κ2) is 6.76. The Hall–Kier alpha value is -3.33. The molecule has 0 saturated carbocycles. The van der Waals surface area contributed by atoms with E-state index >= 15 is 0 Å². The first kappa shape index (κ1) is 17.1. The van der Waals surface area contributed by atoms with Crippen molar-refractivity contribution in [1.29, 1.82) is 0 Å². The van der Waals surface area contributed by atoms with Gasteiger partial charge in [0.05, 0.1) is 17.4 Å². The fourth-order valence-electron chi connectivity index (χ4n) is 2.84. The van der Waals surface area contributed by atoms with E-state index in [1.165, 1.54) is 40.4 Å². The molecule has 0 aliphatic heterocycles. The lowest BCUT2D eigenvalue weighted by Gasteiger charge is -2.09. The van der Waals surface area contributed by atoms with Crippen LogP contribution in [0.3, 0.4) is 0 Å². The third-order valence-electron chi connectivity index (χ3n) is 4.12. The maximum absolute atomic E-state index is 13.5. The van der Waals surface area contributed by atoms with E-state index in [1.807, 2.05) is 0 Å². The molecule has 7 nitrogen and oxygen atoms in total. The molecule has 0 unspecified atom stereocenters. The van der Waals surface area contributed by atoms with E-state index in [-0.39, 0.29) is 24.2 Å². The smallest absolute Gasteiger partial charge is 0.271 e. The zero-order chi connectivity index (χ0) is 19.0. The highest BCUT2D eigenvalue weighted by Crippen LogP contribution is 2.16. The molecule has 2 N–H and O–H groups in total. The molecule has 1 aromatic carbocycles. The predicted octanol–water partition coefficient (Wildman–Crippen LogP) is 1.87. The molecule has 4 aromatic rings. The molecule has 0 radical (unpaired) electrons. The fourth-order valence-corrected chi connectivity index (χ4v) is 3.63. The Morgan fingerprint density at radius 1 is 1.26 bits per heavy atom. The van der Waals surface area contributed by atoms with Crippen molar-refractivity contribution in [1.82, 2.24) is 19.9 Å². The number of aromatic nitrogens is 3. The van der Waals surface area contributed by atoms with Gasteiger partial charge in [0.2, 0.25) is 5.56 Å². The Morgan fingerprint density at radius 2 is 2.11 bits per heavy atom. The molecule has 9 heteroatoms. The van der Waals surface area contributed by atoms with E-state index in [4.69, 9.17) is 0 Å². The third kappa shape index (κ3) is 3.24. The Bertz CT molecular complexity index is 1290. The van der Waals surface area contributed by atoms with E-state index in [1.54, 1.807) is 11.4 Å². The van der Waals surface area contributed by atoms with Crippen molar-refractivity contribution in [3.8, 4) is 0 Å². The molecule has 136 valence electrons. The molecular formula is C18H13FN4O3S.